The Bertz CT molecular complexity index is 399. The second kappa shape index (κ2) is 5.17. The van der Waals surface area contributed by atoms with Crippen molar-refractivity contribution >= 4 is 11.6 Å². The minimum Gasteiger partial charge on any atom is -0.493 e. The Labute approximate surface area is 94.8 Å². The molecular weight excluding hydrogens is 212 g/mol. The molecule has 0 spiro atoms. The minimum atomic E-state index is -0.126. The van der Waals surface area contributed by atoms with Crippen molar-refractivity contribution in [3.63, 3.8) is 0 Å². The van der Waals surface area contributed by atoms with Crippen molar-refractivity contribution in [1.82, 2.24) is 0 Å². The van der Waals surface area contributed by atoms with E-state index in [4.69, 9.17) is 16.3 Å². The van der Waals surface area contributed by atoms with Crippen molar-refractivity contribution in [2.24, 2.45) is 0 Å². The zero-order valence-corrected chi connectivity index (χ0v) is 9.97. The van der Waals surface area contributed by atoms with Gasteiger partial charge in [-0.2, -0.15) is 0 Å². The maximum atomic E-state index is 11.8. The summed E-state index contributed by atoms with van der Waals surface area (Å²) in [7, 11) is 1.50. The molecule has 2 nitrogen and oxygen atoms in total. The molecule has 0 aromatic heterocycles. The van der Waals surface area contributed by atoms with E-state index in [-0.39, 0.29) is 11.3 Å². The largest absolute Gasteiger partial charge is 0.493 e. The van der Waals surface area contributed by atoms with Crippen molar-refractivity contribution < 1.29 is 4.74 Å². The van der Waals surface area contributed by atoms with Crippen LogP contribution in [0.25, 0.3) is 0 Å². The van der Waals surface area contributed by atoms with E-state index in [1.165, 1.54) is 7.11 Å². The molecule has 0 heterocycles. The molecule has 0 aliphatic rings. The molecule has 1 rings (SSSR count). The first-order valence-electron chi connectivity index (χ1n) is 4.87. The molecule has 0 saturated heterocycles. The van der Waals surface area contributed by atoms with Crippen LogP contribution < -0.4 is 10.2 Å². The van der Waals surface area contributed by atoms with Gasteiger partial charge < -0.3 is 4.74 Å². The van der Waals surface area contributed by atoms with Crippen LogP contribution in [0.5, 0.6) is 5.75 Å². The third-order valence-electron chi connectivity index (χ3n) is 2.32. The van der Waals surface area contributed by atoms with Crippen LogP contribution in [0, 0.1) is 0 Å². The van der Waals surface area contributed by atoms with Gasteiger partial charge in [-0.15, -0.1) is 11.6 Å². The van der Waals surface area contributed by atoms with Crippen LogP contribution >= 0.6 is 11.6 Å². The molecule has 1 aromatic carbocycles. The van der Waals surface area contributed by atoms with Crippen LogP contribution in [-0.4, -0.2) is 7.11 Å². The summed E-state index contributed by atoms with van der Waals surface area (Å²) in [6.45, 7) is 4.14. The summed E-state index contributed by atoms with van der Waals surface area (Å²) in [4.78, 5) is 11.8. The third-order valence-corrected chi connectivity index (χ3v) is 2.61. The van der Waals surface area contributed by atoms with Crippen LogP contribution in [0.1, 0.15) is 30.9 Å². The average molecular weight is 227 g/mol. The summed E-state index contributed by atoms with van der Waals surface area (Å²) >= 11 is 5.70. The fraction of sp³-hybridized carbons (Fsp3) is 0.417. The highest BCUT2D eigenvalue weighted by Crippen LogP contribution is 2.17. The Morgan fingerprint density at radius 1 is 1.40 bits per heavy atom. The molecule has 82 valence electrons. The summed E-state index contributed by atoms with van der Waals surface area (Å²) in [5, 5.41) is 0. The third kappa shape index (κ3) is 2.72. The topological polar surface area (TPSA) is 26.3 Å². The predicted octanol–water partition coefficient (Wildman–Crippen LogP) is 2.92. The van der Waals surface area contributed by atoms with Crippen LogP contribution in [0.3, 0.4) is 0 Å². The summed E-state index contributed by atoms with van der Waals surface area (Å²) in [6.07, 6.45) is 0. The Hall–Kier alpha value is -1.02. The number of hydrogen-bond acceptors (Lipinski definition) is 2. The normalized spacial score (nSPS) is 10.5. The molecule has 0 unspecified atom stereocenters. The molecule has 0 atom stereocenters. The van der Waals surface area contributed by atoms with Crippen LogP contribution in [0.15, 0.2) is 23.0 Å². The first kappa shape index (κ1) is 12.1. The fourth-order valence-electron chi connectivity index (χ4n) is 1.31. The van der Waals surface area contributed by atoms with Gasteiger partial charge in [0.1, 0.15) is 0 Å². The van der Waals surface area contributed by atoms with Crippen LogP contribution in [0.4, 0.5) is 0 Å². The lowest BCUT2D eigenvalue weighted by Crippen LogP contribution is -2.06. The highest BCUT2D eigenvalue weighted by Gasteiger charge is 2.06. The average Bonchev–Trinajstić information content (AvgIpc) is 2.37. The summed E-state index contributed by atoms with van der Waals surface area (Å²) < 4.78 is 5.07. The van der Waals surface area contributed by atoms with E-state index in [9.17, 15) is 4.79 Å². The maximum Gasteiger partial charge on any atom is 0.224 e. The number of alkyl halides is 1. The van der Waals surface area contributed by atoms with E-state index in [1.807, 2.05) is 6.07 Å². The van der Waals surface area contributed by atoms with Gasteiger partial charge >= 0.3 is 0 Å². The smallest absolute Gasteiger partial charge is 0.224 e. The molecule has 0 fully saturated rings. The van der Waals surface area contributed by atoms with E-state index >= 15 is 0 Å². The van der Waals surface area contributed by atoms with Crippen LogP contribution in [-0.2, 0) is 5.88 Å². The Balaban J connectivity index is 3.45. The number of rotatable bonds is 3. The first-order valence-corrected chi connectivity index (χ1v) is 5.40. The Morgan fingerprint density at radius 2 is 2.07 bits per heavy atom. The quantitative estimate of drug-likeness (QED) is 0.741. The monoisotopic (exact) mass is 226 g/mol. The lowest BCUT2D eigenvalue weighted by atomic mass is 10.1. The highest BCUT2D eigenvalue weighted by molar-refractivity contribution is 6.17. The number of halogens is 1. The lowest BCUT2D eigenvalue weighted by molar-refractivity contribution is 0.410. The van der Waals surface area contributed by atoms with Gasteiger partial charge in [-0.3, -0.25) is 4.79 Å². The predicted molar refractivity (Wildman–Crippen MR) is 62.9 cm³/mol. The zero-order chi connectivity index (χ0) is 11.4. The van der Waals surface area contributed by atoms with E-state index < -0.39 is 0 Å². The van der Waals surface area contributed by atoms with Crippen molar-refractivity contribution in [3.05, 3.63) is 39.5 Å². The molecule has 0 aliphatic heterocycles. The van der Waals surface area contributed by atoms with Gasteiger partial charge in [0, 0.05) is 5.56 Å². The van der Waals surface area contributed by atoms with Crippen LogP contribution in [0.2, 0.25) is 0 Å². The van der Waals surface area contributed by atoms with Gasteiger partial charge in [-0.1, -0.05) is 26.0 Å². The SMILES string of the molecule is COc1cc(C(C)C)ccc(CCl)c1=O. The first-order chi connectivity index (χ1) is 7.10. The van der Waals surface area contributed by atoms with Gasteiger partial charge in [-0.25, -0.2) is 0 Å². The molecule has 15 heavy (non-hydrogen) atoms. The van der Waals surface area contributed by atoms with Gasteiger partial charge in [0.05, 0.1) is 13.0 Å². The maximum absolute atomic E-state index is 11.8. The van der Waals surface area contributed by atoms with Crippen molar-refractivity contribution in [3.8, 4) is 5.75 Å². The molecular formula is C12H15ClO2. The summed E-state index contributed by atoms with van der Waals surface area (Å²) in [5.41, 5.74) is 1.51. The second-order valence-electron chi connectivity index (χ2n) is 3.69. The Kier molecular flexibility index (Phi) is 4.15. The summed E-state index contributed by atoms with van der Waals surface area (Å²) in [6, 6.07) is 5.47. The molecule has 3 heteroatoms. The number of methoxy groups -OCH3 is 1. The number of ether oxygens (including phenoxy) is 1. The van der Waals surface area contributed by atoms with Crippen molar-refractivity contribution in [2.45, 2.75) is 25.6 Å². The second-order valence-corrected chi connectivity index (χ2v) is 3.96. The van der Waals surface area contributed by atoms with Crippen molar-refractivity contribution in [2.75, 3.05) is 7.11 Å². The fourth-order valence-corrected chi connectivity index (χ4v) is 1.52. The van der Waals surface area contributed by atoms with E-state index in [1.54, 1.807) is 12.1 Å². The van der Waals surface area contributed by atoms with E-state index in [0.717, 1.165) is 5.56 Å². The number of hydrogen-bond donors (Lipinski definition) is 0. The minimum absolute atomic E-state index is 0.126. The Morgan fingerprint density at radius 3 is 2.53 bits per heavy atom. The van der Waals surface area contributed by atoms with E-state index in [2.05, 4.69) is 13.8 Å². The molecule has 1 aromatic rings. The molecule has 0 amide bonds. The van der Waals surface area contributed by atoms with E-state index in [0.29, 0.717) is 17.2 Å². The molecule has 0 bridgehead atoms. The molecule has 0 N–H and O–H groups in total. The van der Waals surface area contributed by atoms with Gasteiger partial charge in [-0.05, 0) is 17.5 Å². The standard InChI is InChI=1S/C12H15ClO2/c1-8(2)9-4-5-10(7-13)12(14)11(6-9)15-3/h4-6,8H,7H2,1-3H3. The highest BCUT2D eigenvalue weighted by atomic mass is 35.5. The summed E-state index contributed by atoms with van der Waals surface area (Å²) in [5.74, 6) is 0.926. The zero-order valence-electron chi connectivity index (χ0n) is 9.21. The molecule has 0 radical (unpaired) electrons. The van der Waals surface area contributed by atoms with Crippen molar-refractivity contribution in [1.29, 1.82) is 0 Å². The molecule has 0 aliphatic carbocycles. The van der Waals surface area contributed by atoms with Gasteiger partial charge in [0.15, 0.2) is 5.75 Å². The van der Waals surface area contributed by atoms with Gasteiger partial charge in [0.25, 0.3) is 0 Å². The molecule has 0 saturated carbocycles. The van der Waals surface area contributed by atoms with Gasteiger partial charge in [0.2, 0.25) is 5.43 Å². The lowest BCUT2D eigenvalue weighted by Gasteiger charge is -2.02.